The average Bonchev–Trinajstić information content (AvgIpc) is 3.21. The Balaban J connectivity index is 1.44. The second-order valence-corrected chi connectivity index (χ2v) is 8.75. The van der Waals surface area contributed by atoms with Crippen LogP contribution < -0.4 is 4.74 Å². The number of carbonyl (C=O) groups is 1. The maximum Gasteiger partial charge on any atom is 0.357 e. The van der Waals surface area contributed by atoms with Gasteiger partial charge in [0, 0.05) is 6.20 Å². The Bertz CT molecular complexity index is 1020. The van der Waals surface area contributed by atoms with Crippen molar-refractivity contribution in [2.24, 2.45) is 0 Å². The fraction of sp³-hybridized carbons (Fsp3) is 0.500. The van der Waals surface area contributed by atoms with Gasteiger partial charge >= 0.3 is 5.97 Å². The van der Waals surface area contributed by atoms with Gasteiger partial charge in [0.1, 0.15) is 42.5 Å². The van der Waals surface area contributed by atoms with E-state index in [0.29, 0.717) is 5.56 Å². The fourth-order valence-corrected chi connectivity index (χ4v) is 3.90. The van der Waals surface area contributed by atoms with E-state index < -0.39 is 74.5 Å². The Kier molecular flexibility index (Phi) is 8.69. The molecule has 2 fully saturated rings. The summed E-state index contributed by atoms with van der Waals surface area (Å²) >= 11 is 0. The van der Waals surface area contributed by atoms with Crippen LogP contribution in [0, 0.1) is 0 Å². The molecule has 6 N–H and O–H groups in total. The lowest BCUT2D eigenvalue weighted by Crippen LogP contribution is -2.62. The predicted octanol–water partition coefficient (Wildman–Crippen LogP) is -1.92. The number of aromatic nitrogens is 1. The van der Waals surface area contributed by atoms with Gasteiger partial charge < -0.3 is 54.3 Å². The number of hydrogen-bond acceptors (Lipinski definition) is 13. The summed E-state index contributed by atoms with van der Waals surface area (Å²) < 4.78 is 27.5. The summed E-state index contributed by atoms with van der Waals surface area (Å²) in [6.07, 6.45) is -9.07. The van der Waals surface area contributed by atoms with Crippen LogP contribution in [0.1, 0.15) is 16.1 Å². The lowest BCUT2D eigenvalue weighted by Gasteiger charge is -2.42. The summed E-state index contributed by atoms with van der Waals surface area (Å²) in [6, 6.07) is 10.9. The molecule has 0 bridgehead atoms. The number of esters is 1. The van der Waals surface area contributed by atoms with Crippen LogP contribution in [0.4, 0.5) is 0 Å². The number of carbonyl (C=O) groups excluding carboxylic acids is 1. The highest BCUT2D eigenvalue weighted by atomic mass is 16.8. The largest absolute Gasteiger partial charge is 0.462 e. The highest BCUT2D eigenvalue weighted by Gasteiger charge is 2.54. The number of ether oxygens (including phenoxy) is 5. The van der Waals surface area contributed by atoms with Crippen molar-refractivity contribution < 1.29 is 59.1 Å². The van der Waals surface area contributed by atoms with Crippen molar-refractivity contribution in [3.63, 3.8) is 0 Å². The van der Waals surface area contributed by atoms with Crippen molar-refractivity contribution in [1.82, 2.24) is 4.98 Å². The first-order valence-corrected chi connectivity index (χ1v) is 11.5. The molecule has 0 aliphatic carbocycles. The first-order chi connectivity index (χ1) is 17.8. The van der Waals surface area contributed by atoms with E-state index in [1.165, 1.54) is 24.4 Å². The van der Waals surface area contributed by atoms with Gasteiger partial charge in [0.05, 0.1) is 19.8 Å². The quantitative estimate of drug-likeness (QED) is 0.199. The Morgan fingerprint density at radius 3 is 2.46 bits per heavy atom. The molecule has 2 aromatic rings. The van der Waals surface area contributed by atoms with Crippen LogP contribution in [-0.4, -0.2) is 110 Å². The number of rotatable bonds is 9. The van der Waals surface area contributed by atoms with E-state index in [0.717, 1.165) is 0 Å². The Morgan fingerprint density at radius 1 is 1.05 bits per heavy atom. The van der Waals surface area contributed by atoms with Gasteiger partial charge in [-0.3, -0.25) is 0 Å². The molecule has 2 aliphatic rings. The molecule has 37 heavy (non-hydrogen) atoms. The van der Waals surface area contributed by atoms with Gasteiger partial charge in [0.15, 0.2) is 18.0 Å². The molecule has 2 aliphatic heterocycles. The smallest absolute Gasteiger partial charge is 0.357 e. The zero-order valence-electron chi connectivity index (χ0n) is 19.6. The van der Waals surface area contributed by atoms with Crippen molar-refractivity contribution in [2.45, 2.75) is 55.3 Å². The number of hydrogen-bond donors (Lipinski definition) is 6. The second kappa shape index (κ2) is 11.8. The van der Waals surface area contributed by atoms with Crippen LogP contribution in [-0.2, 0) is 25.6 Å². The van der Waals surface area contributed by atoms with Crippen LogP contribution in [0.5, 0.6) is 5.75 Å². The van der Waals surface area contributed by atoms with Gasteiger partial charge in [-0.2, -0.15) is 0 Å². The van der Waals surface area contributed by atoms with Gasteiger partial charge in [0.2, 0.25) is 6.29 Å². The molecule has 3 heterocycles. The minimum absolute atomic E-state index is 0.00854. The van der Waals surface area contributed by atoms with Gasteiger partial charge in [-0.15, -0.1) is 0 Å². The van der Waals surface area contributed by atoms with Crippen LogP contribution >= 0.6 is 0 Å². The highest BCUT2D eigenvalue weighted by Crippen LogP contribution is 2.32. The summed E-state index contributed by atoms with van der Waals surface area (Å²) in [7, 11) is 0. The topological polar surface area (TPSA) is 197 Å². The molecular weight excluding hydrogens is 494 g/mol. The monoisotopic (exact) mass is 523 g/mol. The van der Waals surface area contributed by atoms with E-state index in [2.05, 4.69) is 4.98 Å². The van der Waals surface area contributed by atoms with E-state index in [1.807, 2.05) is 0 Å². The number of nitrogens with zero attached hydrogens (tertiary/aromatic N) is 1. The molecule has 202 valence electrons. The van der Waals surface area contributed by atoms with Crippen molar-refractivity contribution in [2.75, 3.05) is 19.8 Å². The third-order valence-corrected chi connectivity index (χ3v) is 6.11. The van der Waals surface area contributed by atoms with Gasteiger partial charge in [-0.1, -0.05) is 18.2 Å². The summed E-state index contributed by atoms with van der Waals surface area (Å²) in [4.78, 5) is 16.0. The van der Waals surface area contributed by atoms with Crippen LogP contribution in [0.2, 0.25) is 0 Å². The normalized spacial score (nSPS) is 33.7. The molecule has 0 radical (unpaired) electrons. The molecule has 8 unspecified atom stereocenters. The summed E-state index contributed by atoms with van der Waals surface area (Å²) in [5.41, 5.74) is -1.41. The maximum atomic E-state index is 12.2. The zero-order chi connectivity index (χ0) is 26.6. The predicted molar refractivity (Wildman–Crippen MR) is 121 cm³/mol. The standard InChI is InChI=1S/C24H29NO12/c26-9-13-4-6-14(7-5-13)35-22-19(18(29)17(28)16(10-27)36-22)37-23-20(30)24(32,12-34-23)11-33-21(31)15-3-1-2-8-25-15/h1-8,16-20,22-23,26-30,32H,9-12H2. The van der Waals surface area contributed by atoms with Crippen LogP contribution in [0.3, 0.4) is 0 Å². The third-order valence-electron chi connectivity index (χ3n) is 6.11. The number of aliphatic hydroxyl groups excluding tert-OH is 5. The number of aliphatic hydroxyl groups is 6. The minimum Gasteiger partial charge on any atom is -0.462 e. The summed E-state index contributed by atoms with van der Waals surface area (Å²) in [5.74, 6) is -0.553. The van der Waals surface area contributed by atoms with Crippen molar-refractivity contribution in [3.8, 4) is 5.75 Å². The van der Waals surface area contributed by atoms with Crippen molar-refractivity contribution in [3.05, 3.63) is 59.9 Å². The summed E-state index contributed by atoms with van der Waals surface area (Å²) in [6.45, 7) is -1.92. The lowest BCUT2D eigenvalue weighted by molar-refractivity contribution is -0.318. The molecule has 0 spiro atoms. The molecule has 0 amide bonds. The van der Waals surface area contributed by atoms with E-state index >= 15 is 0 Å². The fourth-order valence-electron chi connectivity index (χ4n) is 3.90. The molecule has 1 aromatic carbocycles. The molecule has 2 saturated heterocycles. The first-order valence-electron chi connectivity index (χ1n) is 11.5. The van der Waals surface area contributed by atoms with Crippen LogP contribution in [0.25, 0.3) is 0 Å². The zero-order valence-corrected chi connectivity index (χ0v) is 19.6. The van der Waals surface area contributed by atoms with Gasteiger partial charge in [-0.25, -0.2) is 9.78 Å². The average molecular weight is 523 g/mol. The second-order valence-electron chi connectivity index (χ2n) is 8.75. The minimum atomic E-state index is -2.04. The Hall–Kier alpha value is -2.72. The summed E-state index contributed by atoms with van der Waals surface area (Å²) in [5, 5.41) is 61.3. The number of pyridine rings is 1. The highest BCUT2D eigenvalue weighted by molar-refractivity contribution is 5.87. The maximum absolute atomic E-state index is 12.2. The van der Waals surface area contributed by atoms with Crippen molar-refractivity contribution in [1.29, 1.82) is 0 Å². The van der Waals surface area contributed by atoms with Crippen LogP contribution in [0.15, 0.2) is 48.7 Å². The first kappa shape index (κ1) is 27.3. The number of benzene rings is 1. The molecule has 0 saturated carbocycles. The Labute approximate surface area is 211 Å². The Morgan fingerprint density at radius 2 is 1.81 bits per heavy atom. The van der Waals surface area contributed by atoms with E-state index in [1.54, 1.807) is 24.3 Å². The SMILES string of the molecule is O=C(OCC1(O)COC(OC2C(Oc3ccc(CO)cc3)OC(CO)C(O)C2O)C1O)c1ccccn1. The molecule has 13 heteroatoms. The molecule has 8 atom stereocenters. The third kappa shape index (κ3) is 6.06. The lowest BCUT2D eigenvalue weighted by atomic mass is 9.98. The molecule has 4 rings (SSSR count). The van der Waals surface area contributed by atoms with E-state index in [4.69, 9.17) is 23.7 Å². The van der Waals surface area contributed by atoms with E-state index in [9.17, 15) is 35.4 Å². The molecular formula is C24H29NO12. The molecule has 1 aromatic heterocycles. The van der Waals surface area contributed by atoms with Gasteiger partial charge in [-0.05, 0) is 29.8 Å². The molecule has 13 nitrogen and oxygen atoms in total. The van der Waals surface area contributed by atoms with Crippen molar-refractivity contribution >= 4 is 5.97 Å². The van der Waals surface area contributed by atoms with Gasteiger partial charge in [0.25, 0.3) is 0 Å². The van der Waals surface area contributed by atoms with E-state index in [-0.39, 0.29) is 18.1 Å².